The Balaban J connectivity index is 0.986. The third-order valence-electron chi connectivity index (χ3n) is 22.8. The third kappa shape index (κ3) is 10.2. The zero-order valence-electron chi connectivity index (χ0n) is 62.8. The summed E-state index contributed by atoms with van der Waals surface area (Å²) < 4.78 is 7.56. The number of nitrogens with zero attached hydrogens (tertiary/aromatic N) is 5. The predicted molar refractivity (Wildman–Crippen MR) is 448 cm³/mol. The highest BCUT2D eigenvalue weighted by atomic mass is 15.2. The molecular formula is C98H90BN5. The van der Waals surface area contributed by atoms with Crippen molar-refractivity contribution in [2.45, 2.75) is 131 Å². The molecule has 2 aliphatic rings. The second-order valence-electron chi connectivity index (χ2n) is 34.7. The first-order valence-corrected chi connectivity index (χ1v) is 37.4. The standard InChI is InChI=1S/C98H90BN5/c1-94(2,3)63-41-37-61(38-42-63)76-55-65(96(7,8)9)45-52-84(76)103-87-59-69(101-80-33-23-19-29-71(80)72-30-20-24-34-81(72)101)47-50-78(87)99-79-51-48-70(102-82-35-25-21-31-73(82)74-49-54-86-91(93(74)102)75-32-22-26-36-83(75)100(86)68-27-17-16-18-28-68)60-88(79)104(90-58-67(98(13,14)15)57-89(103)92(90)99)85-53-46-66(97(10,11)12)56-77(85)62-39-43-64(44-40-62)95(4,5)6/h16-60H,1-15H3. The minimum Gasteiger partial charge on any atom is -0.311 e. The van der Waals surface area contributed by atoms with Crippen molar-refractivity contribution in [1.29, 1.82) is 0 Å². The van der Waals surface area contributed by atoms with Crippen LogP contribution in [0.3, 0.4) is 0 Å². The van der Waals surface area contributed by atoms with Crippen molar-refractivity contribution in [3.8, 4) is 39.3 Å². The van der Waals surface area contributed by atoms with Gasteiger partial charge in [-0.1, -0.05) is 274 Å². The van der Waals surface area contributed by atoms with Crippen LogP contribution in [0.1, 0.15) is 132 Å². The summed E-state index contributed by atoms with van der Waals surface area (Å²) in [4.78, 5) is 5.40. The van der Waals surface area contributed by atoms with Crippen molar-refractivity contribution in [3.63, 3.8) is 0 Å². The van der Waals surface area contributed by atoms with E-state index in [0.717, 1.165) is 39.8 Å². The van der Waals surface area contributed by atoms with E-state index in [1.54, 1.807) is 0 Å². The van der Waals surface area contributed by atoms with Crippen LogP contribution >= 0.6 is 0 Å². The fourth-order valence-electron chi connectivity index (χ4n) is 17.2. The van der Waals surface area contributed by atoms with E-state index in [0.29, 0.717) is 0 Å². The van der Waals surface area contributed by atoms with Gasteiger partial charge in [0.25, 0.3) is 6.71 Å². The Hall–Kier alpha value is -11.1. The summed E-state index contributed by atoms with van der Waals surface area (Å²) in [6.07, 6.45) is 0. The average Bonchev–Trinajstić information content (AvgIpc) is 0.774. The van der Waals surface area contributed by atoms with E-state index in [-0.39, 0.29) is 33.8 Å². The first-order chi connectivity index (χ1) is 49.8. The Morgan fingerprint density at radius 3 is 1.07 bits per heavy atom. The summed E-state index contributed by atoms with van der Waals surface area (Å²) in [5, 5.41) is 7.38. The number of hydrogen-bond donors (Lipinski definition) is 0. The Labute approximate surface area is 613 Å². The molecule has 6 heteroatoms. The molecule has 0 fully saturated rings. The summed E-state index contributed by atoms with van der Waals surface area (Å²) in [5.41, 5.74) is 31.8. The second-order valence-corrected chi connectivity index (χ2v) is 34.7. The van der Waals surface area contributed by atoms with Gasteiger partial charge in [0.05, 0.1) is 44.5 Å². The molecule has 0 N–H and O–H groups in total. The lowest BCUT2D eigenvalue weighted by Crippen LogP contribution is -2.61. The summed E-state index contributed by atoms with van der Waals surface area (Å²) in [5.74, 6) is 0. The van der Waals surface area contributed by atoms with Gasteiger partial charge in [-0.15, -0.1) is 0 Å². The number of para-hydroxylation sites is 5. The zero-order chi connectivity index (χ0) is 71.8. The van der Waals surface area contributed by atoms with E-state index in [2.05, 4.69) is 400 Å². The van der Waals surface area contributed by atoms with Crippen molar-refractivity contribution in [3.05, 3.63) is 301 Å². The van der Waals surface area contributed by atoms with Gasteiger partial charge in [-0.25, -0.2) is 0 Å². The van der Waals surface area contributed by atoms with Gasteiger partial charge in [-0.05, 0) is 186 Å². The average molecular weight is 1350 g/mol. The highest BCUT2D eigenvalue weighted by molar-refractivity contribution is 7.00. The molecule has 2 aliphatic heterocycles. The maximum absolute atomic E-state index is 2.71. The van der Waals surface area contributed by atoms with Gasteiger partial charge in [0.1, 0.15) is 0 Å². The molecule has 0 amide bonds. The van der Waals surface area contributed by atoms with E-state index in [1.165, 1.54) is 143 Å². The SMILES string of the molecule is CC(C)(C)c1ccc(-c2cc(C(C)(C)C)ccc2N2c3cc(-n4c5ccccc5c5ccccc54)ccc3B3c4ccc(-n5c6ccccc6c6ccc7c(c8ccccc8n7-c7ccccc7)c65)cc4N(c4ccc(C(C)(C)C)cc4-c4ccc(C(C)(C)C)cc4)c4cc(C(C)(C)C)cc2c43)cc1. The molecule has 0 spiro atoms. The Kier molecular flexibility index (Phi) is 14.5. The van der Waals surface area contributed by atoms with Crippen molar-refractivity contribution in [2.75, 3.05) is 9.80 Å². The van der Waals surface area contributed by atoms with Crippen molar-refractivity contribution in [2.24, 2.45) is 0 Å². The van der Waals surface area contributed by atoms with Crippen LogP contribution in [-0.4, -0.2) is 20.4 Å². The lowest BCUT2D eigenvalue weighted by atomic mass is 9.33. The van der Waals surface area contributed by atoms with Gasteiger partial charge < -0.3 is 23.5 Å². The fraction of sp³-hybridized carbons (Fsp3) is 0.204. The van der Waals surface area contributed by atoms with Gasteiger partial charge in [0, 0.05) is 83.3 Å². The zero-order valence-corrected chi connectivity index (χ0v) is 62.8. The molecular weight excluding hydrogens is 1260 g/mol. The normalized spacial score (nSPS) is 13.5. The van der Waals surface area contributed by atoms with Crippen molar-refractivity contribution < 1.29 is 0 Å². The van der Waals surface area contributed by atoms with Gasteiger partial charge in [-0.3, -0.25) is 0 Å². The van der Waals surface area contributed by atoms with Crippen LogP contribution in [0.15, 0.2) is 273 Å². The molecule has 5 nitrogen and oxygen atoms in total. The van der Waals surface area contributed by atoms with Crippen LogP contribution in [0.4, 0.5) is 34.1 Å². The highest BCUT2D eigenvalue weighted by Gasteiger charge is 2.46. The van der Waals surface area contributed by atoms with E-state index in [9.17, 15) is 0 Å². The largest absolute Gasteiger partial charge is 0.311 e. The second kappa shape index (κ2) is 23.2. The van der Waals surface area contributed by atoms with Crippen LogP contribution in [0.5, 0.6) is 0 Å². The number of hydrogen-bond acceptors (Lipinski definition) is 2. The number of benzene rings is 13. The summed E-state index contributed by atoms with van der Waals surface area (Å²) in [7, 11) is 0. The lowest BCUT2D eigenvalue weighted by molar-refractivity contribution is 0.589. The van der Waals surface area contributed by atoms with Crippen LogP contribution in [0.2, 0.25) is 0 Å². The van der Waals surface area contributed by atoms with E-state index < -0.39 is 0 Å². The van der Waals surface area contributed by atoms with E-state index in [1.807, 2.05) is 0 Å². The molecule has 0 radical (unpaired) electrons. The first kappa shape index (κ1) is 65.0. The molecule has 0 unspecified atom stereocenters. The van der Waals surface area contributed by atoms with Crippen LogP contribution in [0, 0.1) is 0 Å². The summed E-state index contributed by atoms with van der Waals surface area (Å²) >= 11 is 0. The molecule has 0 bridgehead atoms. The maximum atomic E-state index is 2.71. The number of fused-ring (bicyclic) bond motifs is 14. The van der Waals surface area contributed by atoms with Crippen LogP contribution in [-0.2, 0) is 27.1 Å². The molecule has 0 aliphatic carbocycles. The molecule has 5 heterocycles. The van der Waals surface area contributed by atoms with Crippen molar-refractivity contribution in [1.82, 2.24) is 13.7 Å². The quantitative estimate of drug-likeness (QED) is 0.148. The van der Waals surface area contributed by atoms with Gasteiger partial charge in [0.2, 0.25) is 0 Å². The molecule has 13 aromatic carbocycles. The van der Waals surface area contributed by atoms with Crippen LogP contribution < -0.4 is 26.2 Å². The van der Waals surface area contributed by atoms with E-state index >= 15 is 0 Å². The summed E-state index contributed by atoms with van der Waals surface area (Å²) in [6, 6.07) is 105. The minimum absolute atomic E-state index is 0.0168. The summed E-state index contributed by atoms with van der Waals surface area (Å²) in [6.45, 7) is 35.0. The van der Waals surface area contributed by atoms with Gasteiger partial charge >= 0.3 is 0 Å². The monoisotopic (exact) mass is 1350 g/mol. The van der Waals surface area contributed by atoms with Gasteiger partial charge in [-0.2, -0.15) is 0 Å². The highest BCUT2D eigenvalue weighted by Crippen LogP contribution is 2.53. The molecule has 104 heavy (non-hydrogen) atoms. The molecule has 510 valence electrons. The van der Waals surface area contributed by atoms with Gasteiger partial charge in [0.15, 0.2) is 0 Å². The van der Waals surface area contributed by atoms with E-state index in [4.69, 9.17) is 0 Å². The Morgan fingerprint density at radius 2 is 0.615 bits per heavy atom. The molecule has 0 saturated heterocycles. The number of aromatic nitrogens is 3. The Morgan fingerprint density at radius 1 is 0.240 bits per heavy atom. The number of anilines is 6. The van der Waals surface area contributed by atoms with Crippen molar-refractivity contribution >= 4 is 123 Å². The molecule has 18 rings (SSSR count). The minimum atomic E-state index is -0.289. The molecule has 3 aromatic heterocycles. The third-order valence-corrected chi connectivity index (χ3v) is 22.8. The van der Waals surface area contributed by atoms with Crippen LogP contribution in [0.25, 0.3) is 105 Å². The maximum Gasteiger partial charge on any atom is 0.252 e. The molecule has 16 aromatic rings. The topological polar surface area (TPSA) is 21.3 Å². The number of rotatable bonds is 7. The predicted octanol–water partition coefficient (Wildman–Crippen LogP) is 24.9. The molecule has 0 saturated carbocycles. The Bertz CT molecular complexity index is 6130. The smallest absolute Gasteiger partial charge is 0.252 e. The molecule has 0 atom stereocenters. The first-order valence-electron chi connectivity index (χ1n) is 37.4. The fourth-order valence-corrected chi connectivity index (χ4v) is 17.2. The lowest BCUT2D eigenvalue weighted by Gasteiger charge is -2.46.